The second-order valence-electron chi connectivity index (χ2n) is 6.32. The molecule has 0 saturated carbocycles. The van der Waals surface area contributed by atoms with Gasteiger partial charge in [0.25, 0.3) is 0 Å². The van der Waals surface area contributed by atoms with Crippen LogP contribution in [0.5, 0.6) is 11.5 Å². The molecule has 23 heavy (non-hydrogen) atoms. The zero-order valence-electron chi connectivity index (χ0n) is 13.1. The lowest BCUT2D eigenvalue weighted by atomic mass is 9.94. The van der Waals surface area contributed by atoms with Gasteiger partial charge in [0.2, 0.25) is 0 Å². The number of para-hydroxylation sites is 2. The molecule has 0 bridgehead atoms. The molecule has 0 aliphatic carbocycles. The molecule has 1 saturated heterocycles. The summed E-state index contributed by atoms with van der Waals surface area (Å²) in [4.78, 5) is 2.36. The van der Waals surface area contributed by atoms with E-state index in [1.807, 2.05) is 30.3 Å². The van der Waals surface area contributed by atoms with Gasteiger partial charge in [-0.1, -0.05) is 23.7 Å². The first-order valence-corrected chi connectivity index (χ1v) is 8.74. The van der Waals surface area contributed by atoms with Crippen molar-refractivity contribution < 1.29 is 4.74 Å². The van der Waals surface area contributed by atoms with Gasteiger partial charge in [0, 0.05) is 11.6 Å². The summed E-state index contributed by atoms with van der Waals surface area (Å²) < 4.78 is 6.04. The zero-order valence-corrected chi connectivity index (χ0v) is 13.9. The predicted octanol–water partition coefficient (Wildman–Crippen LogP) is 4.97. The average Bonchev–Trinajstić information content (AvgIpc) is 2.60. The van der Waals surface area contributed by atoms with Crippen LogP contribution in [0.3, 0.4) is 0 Å². The van der Waals surface area contributed by atoms with Gasteiger partial charge in [0.05, 0.1) is 11.4 Å². The van der Waals surface area contributed by atoms with Gasteiger partial charge in [-0.05, 0) is 68.6 Å². The van der Waals surface area contributed by atoms with Crippen LogP contribution < -0.4 is 15.0 Å². The van der Waals surface area contributed by atoms with Crippen LogP contribution in [-0.4, -0.2) is 19.6 Å². The summed E-state index contributed by atoms with van der Waals surface area (Å²) in [5, 5.41) is 4.19. The minimum absolute atomic E-state index is 0.749. The van der Waals surface area contributed by atoms with Gasteiger partial charge in [0.15, 0.2) is 11.5 Å². The molecule has 1 N–H and O–H groups in total. The van der Waals surface area contributed by atoms with Crippen LogP contribution in [-0.2, 0) is 0 Å². The first-order chi connectivity index (χ1) is 11.3. The van der Waals surface area contributed by atoms with E-state index in [0.717, 1.165) is 53.4 Å². The normalized spacial score (nSPS) is 17.3. The SMILES string of the molecule is Clc1ccc2c(c1)N(CCC1CCNCC1)c1ccccc1O2. The predicted molar refractivity (Wildman–Crippen MR) is 95.2 cm³/mol. The Hall–Kier alpha value is -1.71. The standard InChI is InChI=1S/C19H21ClN2O/c20-15-5-6-19-17(13-15)22(12-9-14-7-10-21-11-8-14)16-3-1-2-4-18(16)23-19/h1-6,13-14,21H,7-12H2. The van der Waals surface area contributed by atoms with Crippen LogP contribution in [0.4, 0.5) is 11.4 Å². The maximum atomic E-state index is 6.23. The van der Waals surface area contributed by atoms with Crippen LogP contribution in [0.2, 0.25) is 5.02 Å². The van der Waals surface area contributed by atoms with Crippen molar-refractivity contribution in [3.05, 3.63) is 47.5 Å². The van der Waals surface area contributed by atoms with Gasteiger partial charge in [-0.15, -0.1) is 0 Å². The van der Waals surface area contributed by atoms with Crippen LogP contribution >= 0.6 is 11.6 Å². The molecular formula is C19H21ClN2O. The van der Waals surface area contributed by atoms with Crippen molar-refractivity contribution in [1.29, 1.82) is 0 Å². The van der Waals surface area contributed by atoms with E-state index in [4.69, 9.17) is 16.3 Å². The third kappa shape index (κ3) is 3.04. The molecule has 0 amide bonds. The molecule has 2 aliphatic heterocycles. The lowest BCUT2D eigenvalue weighted by Crippen LogP contribution is -2.30. The highest BCUT2D eigenvalue weighted by atomic mass is 35.5. The van der Waals surface area contributed by atoms with E-state index < -0.39 is 0 Å². The summed E-state index contributed by atoms with van der Waals surface area (Å²) in [7, 11) is 0. The molecule has 120 valence electrons. The van der Waals surface area contributed by atoms with E-state index >= 15 is 0 Å². The van der Waals surface area contributed by atoms with Crippen molar-refractivity contribution >= 4 is 23.0 Å². The minimum Gasteiger partial charge on any atom is -0.453 e. The molecule has 2 aromatic carbocycles. The number of benzene rings is 2. The summed E-state index contributed by atoms with van der Waals surface area (Å²) in [5.74, 6) is 2.61. The van der Waals surface area contributed by atoms with Gasteiger partial charge in [-0.25, -0.2) is 0 Å². The van der Waals surface area contributed by atoms with Crippen LogP contribution in [0.25, 0.3) is 0 Å². The molecule has 0 aromatic heterocycles. The molecule has 2 heterocycles. The monoisotopic (exact) mass is 328 g/mol. The molecular weight excluding hydrogens is 308 g/mol. The van der Waals surface area contributed by atoms with E-state index in [1.54, 1.807) is 0 Å². The Kier molecular flexibility index (Phi) is 4.15. The number of anilines is 2. The second-order valence-corrected chi connectivity index (χ2v) is 6.75. The first-order valence-electron chi connectivity index (χ1n) is 8.36. The van der Waals surface area contributed by atoms with E-state index in [1.165, 1.54) is 19.3 Å². The van der Waals surface area contributed by atoms with Crippen molar-refractivity contribution in [1.82, 2.24) is 5.32 Å². The first kappa shape index (κ1) is 14.9. The summed E-state index contributed by atoms with van der Waals surface area (Å²) in [6, 6.07) is 14.1. The molecule has 0 radical (unpaired) electrons. The summed E-state index contributed by atoms with van der Waals surface area (Å²) in [6.07, 6.45) is 3.74. The zero-order chi connectivity index (χ0) is 15.6. The van der Waals surface area contributed by atoms with Gasteiger partial charge in [-0.3, -0.25) is 0 Å². The lowest BCUT2D eigenvalue weighted by Gasteiger charge is -2.34. The van der Waals surface area contributed by atoms with Crippen LogP contribution in [0, 0.1) is 5.92 Å². The Bertz CT molecular complexity index is 698. The highest BCUT2D eigenvalue weighted by Crippen LogP contribution is 2.47. The van der Waals surface area contributed by atoms with E-state index in [0.29, 0.717) is 0 Å². The van der Waals surface area contributed by atoms with Crippen molar-refractivity contribution in [2.75, 3.05) is 24.5 Å². The quantitative estimate of drug-likeness (QED) is 0.860. The Morgan fingerprint density at radius 2 is 1.83 bits per heavy atom. The van der Waals surface area contributed by atoms with Crippen molar-refractivity contribution in [2.24, 2.45) is 5.92 Å². The molecule has 0 atom stereocenters. The minimum atomic E-state index is 0.749. The smallest absolute Gasteiger partial charge is 0.151 e. The van der Waals surface area contributed by atoms with Crippen LogP contribution in [0.15, 0.2) is 42.5 Å². The number of nitrogens with one attached hydrogen (secondary N) is 1. The van der Waals surface area contributed by atoms with E-state index in [-0.39, 0.29) is 0 Å². The fraction of sp³-hybridized carbons (Fsp3) is 0.368. The Labute approximate surface area is 142 Å². The maximum Gasteiger partial charge on any atom is 0.151 e. The highest BCUT2D eigenvalue weighted by Gasteiger charge is 2.25. The van der Waals surface area contributed by atoms with E-state index in [2.05, 4.69) is 22.3 Å². The third-order valence-electron chi connectivity index (χ3n) is 4.81. The Balaban J connectivity index is 1.62. The van der Waals surface area contributed by atoms with Gasteiger partial charge in [-0.2, -0.15) is 0 Å². The number of fused-ring (bicyclic) bond motifs is 2. The fourth-order valence-electron chi connectivity index (χ4n) is 3.53. The number of ether oxygens (including phenoxy) is 1. The maximum absolute atomic E-state index is 6.23. The highest BCUT2D eigenvalue weighted by molar-refractivity contribution is 6.31. The summed E-state index contributed by atoms with van der Waals surface area (Å²) in [5.41, 5.74) is 2.21. The lowest BCUT2D eigenvalue weighted by molar-refractivity contribution is 0.356. The topological polar surface area (TPSA) is 24.5 Å². The molecule has 4 heteroatoms. The summed E-state index contributed by atoms with van der Waals surface area (Å²) >= 11 is 6.23. The molecule has 3 nitrogen and oxygen atoms in total. The van der Waals surface area contributed by atoms with Gasteiger partial charge < -0.3 is 15.0 Å². The van der Waals surface area contributed by atoms with Gasteiger partial charge >= 0.3 is 0 Å². The largest absolute Gasteiger partial charge is 0.453 e. The number of hydrogen-bond donors (Lipinski definition) is 1. The Morgan fingerprint density at radius 1 is 1.04 bits per heavy atom. The molecule has 2 aliphatic rings. The van der Waals surface area contributed by atoms with Crippen molar-refractivity contribution in [2.45, 2.75) is 19.3 Å². The second kappa shape index (κ2) is 6.42. The van der Waals surface area contributed by atoms with Crippen LogP contribution in [0.1, 0.15) is 19.3 Å². The van der Waals surface area contributed by atoms with Gasteiger partial charge in [0.1, 0.15) is 0 Å². The fourth-order valence-corrected chi connectivity index (χ4v) is 3.69. The number of nitrogens with zero attached hydrogens (tertiary/aromatic N) is 1. The average molecular weight is 329 g/mol. The number of rotatable bonds is 3. The van der Waals surface area contributed by atoms with E-state index in [9.17, 15) is 0 Å². The number of piperidine rings is 1. The number of hydrogen-bond acceptors (Lipinski definition) is 3. The molecule has 0 spiro atoms. The van der Waals surface area contributed by atoms with Crippen molar-refractivity contribution in [3.8, 4) is 11.5 Å². The molecule has 2 aromatic rings. The molecule has 0 unspecified atom stereocenters. The Morgan fingerprint density at radius 3 is 2.70 bits per heavy atom. The van der Waals surface area contributed by atoms with Crippen molar-refractivity contribution in [3.63, 3.8) is 0 Å². The molecule has 1 fully saturated rings. The number of halogens is 1. The summed E-state index contributed by atoms with van der Waals surface area (Å²) in [6.45, 7) is 3.29. The molecule has 4 rings (SSSR count). The third-order valence-corrected chi connectivity index (χ3v) is 5.04.